The average molecular weight is 452 g/mol. The Morgan fingerprint density at radius 1 is 1.03 bits per heavy atom. The summed E-state index contributed by atoms with van der Waals surface area (Å²) in [6.45, 7) is 8.93. The van der Waals surface area contributed by atoms with Crippen molar-refractivity contribution in [3.05, 3.63) is 63.4 Å². The van der Waals surface area contributed by atoms with E-state index in [9.17, 15) is 14.4 Å². The highest BCUT2D eigenvalue weighted by Crippen LogP contribution is 2.27. The molecule has 0 bridgehead atoms. The lowest BCUT2D eigenvalue weighted by Crippen LogP contribution is -2.24. The van der Waals surface area contributed by atoms with E-state index in [1.807, 2.05) is 45.0 Å². The Hall–Kier alpha value is -3.46. The smallest absolute Gasteiger partial charge is 0.278 e. The van der Waals surface area contributed by atoms with Crippen LogP contribution in [0.25, 0.3) is 11.3 Å². The van der Waals surface area contributed by atoms with Gasteiger partial charge in [-0.25, -0.2) is 0 Å². The molecule has 32 heavy (non-hydrogen) atoms. The highest BCUT2D eigenvalue weighted by molar-refractivity contribution is 8.00. The van der Waals surface area contributed by atoms with Gasteiger partial charge in [0.25, 0.3) is 5.56 Å². The van der Waals surface area contributed by atoms with Crippen molar-refractivity contribution in [2.24, 2.45) is 0 Å². The number of carbonyl (C=O) groups is 2. The van der Waals surface area contributed by atoms with Crippen molar-refractivity contribution in [3.8, 4) is 11.3 Å². The highest BCUT2D eigenvalue weighted by atomic mass is 32.2. The lowest BCUT2D eigenvalue weighted by molar-refractivity contribution is -0.115. The molecular weight excluding hydrogens is 426 g/mol. The van der Waals surface area contributed by atoms with Crippen molar-refractivity contribution in [1.29, 1.82) is 0 Å². The van der Waals surface area contributed by atoms with Crippen molar-refractivity contribution < 1.29 is 9.59 Å². The number of thioether (sulfide) groups is 1. The average Bonchev–Trinajstić information content (AvgIpc) is 2.72. The standard InChI is InChI=1S/C23H25N5O3S/c1-12-9-10-19(24-16(5)29)17(11-12)20-22(31)26-23(28-27-20)32-15(4)21(30)25-18-8-6-7-13(2)14(18)3/h6-11,15H,1-5H3,(H,24,29)(H,25,30)(H,26,28,31)/t15-/m0/s1. The predicted molar refractivity (Wildman–Crippen MR) is 127 cm³/mol. The minimum Gasteiger partial charge on any atom is -0.326 e. The fraction of sp³-hybridized carbons (Fsp3) is 0.261. The summed E-state index contributed by atoms with van der Waals surface area (Å²) >= 11 is 1.11. The summed E-state index contributed by atoms with van der Waals surface area (Å²) in [4.78, 5) is 39.5. The molecule has 1 heterocycles. The molecule has 3 rings (SSSR count). The molecule has 1 atom stereocenters. The van der Waals surface area contributed by atoms with E-state index in [0.29, 0.717) is 11.3 Å². The molecule has 2 amide bonds. The van der Waals surface area contributed by atoms with Gasteiger partial charge < -0.3 is 10.6 Å². The summed E-state index contributed by atoms with van der Waals surface area (Å²) in [6.07, 6.45) is 0. The molecule has 0 radical (unpaired) electrons. The van der Waals surface area contributed by atoms with Crippen LogP contribution < -0.4 is 16.2 Å². The monoisotopic (exact) mass is 451 g/mol. The zero-order valence-electron chi connectivity index (χ0n) is 18.6. The van der Waals surface area contributed by atoms with Crippen LogP contribution in [0.5, 0.6) is 0 Å². The van der Waals surface area contributed by atoms with Crippen LogP contribution in [-0.2, 0) is 9.59 Å². The number of amides is 2. The summed E-state index contributed by atoms with van der Waals surface area (Å²) in [5.41, 5.74) is 4.34. The molecule has 0 saturated carbocycles. The SMILES string of the molecule is CC(=O)Nc1ccc(C)cc1-c1nnc(S[C@@H](C)C(=O)Nc2cccc(C)c2C)[nH]c1=O. The maximum atomic E-state index is 12.7. The molecule has 0 spiro atoms. The number of hydrogen-bond donors (Lipinski definition) is 3. The third-order valence-corrected chi connectivity index (χ3v) is 5.91. The summed E-state index contributed by atoms with van der Waals surface area (Å²) in [5, 5.41) is 13.5. The van der Waals surface area contributed by atoms with Crippen LogP contribution in [0.3, 0.4) is 0 Å². The van der Waals surface area contributed by atoms with Gasteiger partial charge in [0.1, 0.15) is 0 Å². The second kappa shape index (κ2) is 9.78. The van der Waals surface area contributed by atoms with Gasteiger partial charge in [-0.15, -0.1) is 10.2 Å². The predicted octanol–water partition coefficient (Wildman–Crippen LogP) is 3.83. The van der Waals surface area contributed by atoms with Crippen LogP contribution in [0, 0.1) is 20.8 Å². The van der Waals surface area contributed by atoms with Crippen molar-refractivity contribution in [3.63, 3.8) is 0 Å². The van der Waals surface area contributed by atoms with Crippen molar-refractivity contribution in [1.82, 2.24) is 15.2 Å². The number of aryl methyl sites for hydroxylation is 2. The highest BCUT2D eigenvalue weighted by Gasteiger charge is 2.19. The number of H-pyrrole nitrogens is 1. The minimum absolute atomic E-state index is 0.0919. The number of carbonyl (C=O) groups excluding carboxylic acids is 2. The maximum Gasteiger partial charge on any atom is 0.278 e. The molecular formula is C23H25N5O3S. The molecule has 0 aliphatic carbocycles. The first-order valence-corrected chi connectivity index (χ1v) is 10.9. The Balaban J connectivity index is 1.79. The molecule has 9 heteroatoms. The lowest BCUT2D eigenvalue weighted by Gasteiger charge is -2.14. The number of nitrogens with zero attached hydrogens (tertiary/aromatic N) is 2. The molecule has 0 fully saturated rings. The van der Waals surface area contributed by atoms with Crippen LogP contribution in [-0.4, -0.2) is 32.2 Å². The van der Waals surface area contributed by atoms with Crippen molar-refractivity contribution in [2.75, 3.05) is 10.6 Å². The zero-order chi connectivity index (χ0) is 23.4. The van der Waals surface area contributed by atoms with E-state index >= 15 is 0 Å². The van der Waals surface area contributed by atoms with Gasteiger partial charge in [0.15, 0.2) is 10.9 Å². The molecule has 8 nitrogen and oxygen atoms in total. The van der Waals surface area contributed by atoms with E-state index < -0.39 is 10.8 Å². The number of benzene rings is 2. The number of aromatic amines is 1. The van der Waals surface area contributed by atoms with E-state index in [1.54, 1.807) is 19.1 Å². The summed E-state index contributed by atoms with van der Waals surface area (Å²) < 4.78 is 0. The molecule has 0 unspecified atom stereocenters. The first-order valence-electron chi connectivity index (χ1n) is 10.0. The first kappa shape index (κ1) is 23.2. The lowest BCUT2D eigenvalue weighted by atomic mass is 10.1. The fourth-order valence-electron chi connectivity index (χ4n) is 3.05. The van der Waals surface area contributed by atoms with E-state index in [1.165, 1.54) is 6.92 Å². The number of rotatable bonds is 6. The Bertz CT molecular complexity index is 1240. The van der Waals surface area contributed by atoms with E-state index in [0.717, 1.165) is 34.1 Å². The quantitative estimate of drug-likeness (QED) is 0.490. The summed E-state index contributed by atoms with van der Waals surface area (Å²) in [6, 6.07) is 11.0. The number of nitrogens with one attached hydrogen (secondary N) is 3. The molecule has 3 N–H and O–H groups in total. The second-order valence-electron chi connectivity index (χ2n) is 7.53. The van der Waals surface area contributed by atoms with Crippen LogP contribution in [0.15, 0.2) is 46.3 Å². The van der Waals surface area contributed by atoms with Crippen LogP contribution in [0.1, 0.15) is 30.5 Å². The van der Waals surface area contributed by atoms with Gasteiger partial charge in [0.05, 0.1) is 10.9 Å². The third-order valence-electron chi connectivity index (χ3n) is 4.94. The molecule has 0 aliphatic heterocycles. The number of hydrogen-bond acceptors (Lipinski definition) is 6. The fourth-order valence-corrected chi connectivity index (χ4v) is 3.79. The van der Waals surface area contributed by atoms with E-state index in [4.69, 9.17) is 0 Å². The Labute approximate surface area is 190 Å². The Kier molecular flexibility index (Phi) is 7.09. The minimum atomic E-state index is -0.514. The second-order valence-corrected chi connectivity index (χ2v) is 8.86. The Morgan fingerprint density at radius 3 is 2.47 bits per heavy atom. The molecule has 0 saturated heterocycles. The Morgan fingerprint density at radius 2 is 1.78 bits per heavy atom. The summed E-state index contributed by atoms with van der Waals surface area (Å²) in [7, 11) is 0. The van der Waals surface area contributed by atoms with Crippen molar-refractivity contribution >= 4 is 35.0 Å². The molecule has 2 aromatic carbocycles. The molecule has 0 aliphatic rings. The van der Waals surface area contributed by atoms with Gasteiger partial charge in [-0.2, -0.15) is 0 Å². The van der Waals surface area contributed by atoms with Gasteiger partial charge in [-0.3, -0.25) is 19.4 Å². The number of anilines is 2. The zero-order valence-corrected chi connectivity index (χ0v) is 19.4. The van der Waals surface area contributed by atoms with Gasteiger partial charge in [-0.05, 0) is 57.0 Å². The topological polar surface area (TPSA) is 117 Å². The van der Waals surface area contributed by atoms with Crippen molar-refractivity contribution in [2.45, 2.75) is 45.0 Å². The molecule has 3 aromatic rings. The van der Waals surface area contributed by atoms with Crippen LogP contribution >= 0.6 is 11.8 Å². The van der Waals surface area contributed by atoms with E-state index in [-0.39, 0.29) is 22.7 Å². The first-order chi connectivity index (χ1) is 15.2. The summed E-state index contributed by atoms with van der Waals surface area (Å²) in [5.74, 6) is -0.461. The van der Waals surface area contributed by atoms with Gasteiger partial charge in [0, 0.05) is 18.2 Å². The maximum absolute atomic E-state index is 12.7. The van der Waals surface area contributed by atoms with Gasteiger partial charge >= 0.3 is 0 Å². The third kappa shape index (κ3) is 5.42. The molecule has 166 valence electrons. The molecule has 1 aromatic heterocycles. The van der Waals surface area contributed by atoms with Crippen LogP contribution in [0.2, 0.25) is 0 Å². The van der Waals surface area contributed by atoms with Gasteiger partial charge in [0.2, 0.25) is 11.8 Å². The van der Waals surface area contributed by atoms with E-state index in [2.05, 4.69) is 25.8 Å². The number of aromatic nitrogens is 3. The largest absolute Gasteiger partial charge is 0.326 e. The normalized spacial score (nSPS) is 11.7. The van der Waals surface area contributed by atoms with Gasteiger partial charge in [-0.1, -0.05) is 35.5 Å². The van der Waals surface area contributed by atoms with Crippen LogP contribution in [0.4, 0.5) is 11.4 Å².